The van der Waals surface area contributed by atoms with Gasteiger partial charge >= 0.3 is 0 Å². The molecule has 0 aliphatic heterocycles. The SMILES string of the molecule is CC(C)Oc1ccc(C(C)NCCn2ccnn2)cc1. The third kappa shape index (κ3) is 4.35. The molecule has 2 aromatic rings. The number of nitrogens with one attached hydrogen (secondary N) is 1. The molecule has 2 rings (SSSR count). The fourth-order valence-corrected chi connectivity index (χ4v) is 1.97. The second kappa shape index (κ2) is 7.05. The number of aromatic nitrogens is 3. The highest BCUT2D eigenvalue weighted by molar-refractivity contribution is 5.29. The maximum Gasteiger partial charge on any atom is 0.119 e. The predicted octanol–water partition coefficient (Wildman–Crippen LogP) is 2.42. The molecule has 0 bridgehead atoms. The molecule has 0 saturated heterocycles. The van der Waals surface area contributed by atoms with Crippen LogP contribution in [0.5, 0.6) is 5.75 Å². The van der Waals surface area contributed by atoms with Gasteiger partial charge in [-0.05, 0) is 38.5 Å². The van der Waals surface area contributed by atoms with E-state index in [4.69, 9.17) is 4.74 Å². The van der Waals surface area contributed by atoms with Gasteiger partial charge in [0.25, 0.3) is 0 Å². The van der Waals surface area contributed by atoms with Crippen LogP contribution >= 0.6 is 0 Å². The van der Waals surface area contributed by atoms with E-state index >= 15 is 0 Å². The van der Waals surface area contributed by atoms with Crippen molar-refractivity contribution in [2.75, 3.05) is 6.54 Å². The van der Waals surface area contributed by atoms with E-state index in [9.17, 15) is 0 Å². The Balaban J connectivity index is 1.81. The summed E-state index contributed by atoms with van der Waals surface area (Å²) in [5, 5.41) is 11.2. The summed E-state index contributed by atoms with van der Waals surface area (Å²) < 4.78 is 7.46. The molecule has 0 spiro atoms. The van der Waals surface area contributed by atoms with Gasteiger partial charge < -0.3 is 10.1 Å². The Morgan fingerprint density at radius 3 is 2.55 bits per heavy atom. The van der Waals surface area contributed by atoms with Gasteiger partial charge in [-0.2, -0.15) is 0 Å². The van der Waals surface area contributed by atoms with Crippen LogP contribution in [0.3, 0.4) is 0 Å². The van der Waals surface area contributed by atoms with E-state index in [0.29, 0.717) is 6.04 Å². The molecule has 1 unspecified atom stereocenters. The molecule has 0 aliphatic carbocycles. The molecule has 1 N–H and O–H groups in total. The summed E-state index contributed by atoms with van der Waals surface area (Å²) in [5.41, 5.74) is 1.25. The topological polar surface area (TPSA) is 52.0 Å². The molecule has 1 aromatic heterocycles. The Hall–Kier alpha value is -1.88. The van der Waals surface area contributed by atoms with Gasteiger partial charge in [-0.15, -0.1) is 5.10 Å². The molecule has 0 fully saturated rings. The summed E-state index contributed by atoms with van der Waals surface area (Å²) in [6.07, 6.45) is 3.76. The Bertz CT molecular complexity index is 493. The Kier molecular flexibility index (Phi) is 5.12. The van der Waals surface area contributed by atoms with Gasteiger partial charge in [-0.3, -0.25) is 4.68 Å². The first kappa shape index (κ1) is 14.5. The summed E-state index contributed by atoms with van der Waals surface area (Å²) in [6, 6.07) is 8.54. The van der Waals surface area contributed by atoms with Crippen LogP contribution in [0.1, 0.15) is 32.4 Å². The Morgan fingerprint density at radius 2 is 1.95 bits per heavy atom. The van der Waals surface area contributed by atoms with E-state index in [0.717, 1.165) is 18.8 Å². The normalized spacial score (nSPS) is 12.6. The van der Waals surface area contributed by atoms with Crippen LogP contribution in [0.4, 0.5) is 0 Å². The van der Waals surface area contributed by atoms with Crippen molar-refractivity contribution >= 4 is 0 Å². The Labute approximate surface area is 120 Å². The molecule has 5 nitrogen and oxygen atoms in total. The van der Waals surface area contributed by atoms with E-state index in [-0.39, 0.29) is 6.10 Å². The van der Waals surface area contributed by atoms with Crippen molar-refractivity contribution in [1.29, 1.82) is 0 Å². The van der Waals surface area contributed by atoms with Crippen molar-refractivity contribution in [1.82, 2.24) is 20.3 Å². The van der Waals surface area contributed by atoms with Crippen molar-refractivity contribution in [3.05, 3.63) is 42.2 Å². The maximum absolute atomic E-state index is 5.64. The van der Waals surface area contributed by atoms with Crippen molar-refractivity contribution in [3.8, 4) is 5.75 Å². The average molecular weight is 274 g/mol. The van der Waals surface area contributed by atoms with E-state index in [1.807, 2.05) is 36.9 Å². The molecule has 1 heterocycles. The number of nitrogens with zero attached hydrogens (tertiary/aromatic N) is 3. The Morgan fingerprint density at radius 1 is 1.20 bits per heavy atom. The highest BCUT2D eigenvalue weighted by Crippen LogP contribution is 2.18. The second-order valence-electron chi connectivity index (χ2n) is 5.08. The van der Waals surface area contributed by atoms with E-state index in [1.54, 1.807) is 6.20 Å². The minimum atomic E-state index is 0.207. The smallest absolute Gasteiger partial charge is 0.119 e. The van der Waals surface area contributed by atoms with Gasteiger partial charge in [0.1, 0.15) is 5.75 Å². The molecular formula is C15H22N4O. The zero-order chi connectivity index (χ0) is 14.4. The monoisotopic (exact) mass is 274 g/mol. The molecule has 0 saturated carbocycles. The number of rotatable bonds is 7. The lowest BCUT2D eigenvalue weighted by atomic mass is 10.1. The van der Waals surface area contributed by atoms with Gasteiger partial charge in [-0.25, -0.2) is 0 Å². The van der Waals surface area contributed by atoms with E-state index in [1.165, 1.54) is 5.56 Å². The van der Waals surface area contributed by atoms with Crippen LogP contribution in [0.25, 0.3) is 0 Å². The van der Waals surface area contributed by atoms with Crippen molar-refractivity contribution in [3.63, 3.8) is 0 Å². The summed E-state index contributed by atoms with van der Waals surface area (Å²) in [5.74, 6) is 0.915. The van der Waals surface area contributed by atoms with Crippen molar-refractivity contribution in [2.24, 2.45) is 0 Å². The molecule has 20 heavy (non-hydrogen) atoms. The zero-order valence-corrected chi connectivity index (χ0v) is 12.3. The highest BCUT2D eigenvalue weighted by Gasteiger charge is 2.05. The number of ether oxygens (including phenoxy) is 1. The van der Waals surface area contributed by atoms with Crippen LogP contribution in [0, 0.1) is 0 Å². The third-order valence-electron chi connectivity index (χ3n) is 3.02. The first-order chi connectivity index (χ1) is 9.65. The number of hydrogen-bond donors (Lipinski definition) is 1. The van der Waals surface area contributed by atoms with Crippen molar-refractivity contribution < 1.29 is 4.74 Å². The van der Waals surface area contributed by atoms with Crippen LogP contribution in [-0.2, 0) is 6.54 Å². The molecule has 1 atom stereocenters. The fraction of sp³-hybridized carbons (Fsp3) is 0.467. The summed E-state index contributed by atoms with van der Waals surface area (Å²) in [6.45, 7) is 7.89. The quantitative estimate of drug-likeness (QED) is 0.842. The van der Waals surface area contributed by atoms with Gasteiger partial charge in [0.15, 0.2) is 0 Å². The highest BCUT2D eigenvalue weighted by atomic mass is 16.5. The molecular weight excluding hydrogens is 252 g/mol. The minimum Gasteiger partial charge on any atom is -0.491 e. The van der Waals surface area contributed by atoms with E-state index in [2.05, 4.69) is 34.7 Å². The lowest BCUT2D eigenvalue weighted by Crippen LogP contribution is -2.23. The van der Waals surface area contributed by atoms with Gasteiger partial charge in [0.2, 0.25) is 0 Å². The van der Waals surface area contributed by atoms with Crippen LogP contribution in [0.2, 0.25) is 0 Å². The molecule has 108 valence electrons. The van der Waals surface area contributed by atoms with E-state index < -0.39 is 0 Å². The maximum atomic E-state index is 5.64. The standard InChI is InChI=1S/C15H22N4O/c1-12(2)20-15-6-4-14(5-7-15)13(3)16-8-10-19-11-9-17-18-19/h4-7,9,11-13,16H,8,10H2,1-3H3. The van der Waals surface area contributed by atoms with Gasteiger partial charge in [-0.1, -0.05) is 17.3 Å². The van der Waals surface area contributed by atoms with Crippen LogP contribution in [-0.4, -0.2) is 27.6 Å². The zero-order valence-electron chi connectivity index (χ0n) is 12.3. The van der Waals surface area contributed by atoms with Gasteiger partial charge in [0, 0.05) is 18.8 Å². The van der Waals surface area contributed by atoms with Crippen molar-refractivity contribution in [2.45, 2.75) is 39.5 Å². The average Bonchev–Trinajstić information content (AvgIpc) is 2.92. The lowest BCUT2D eigenvalue weighted by molar-refractivity contribution is 0.242. The lowest BCUT2D eigenvalue weighted by Gasteiger charge is -2.15. The first-order valence-electron chi connectivity index (χ1n) is 6.99. The minimum absolute atomic E-state index is 0.207. The molecule has 0 amide bonds. The first-order valence-corrected chi connectivity index (χ1v) is 6.99. The number of hydrogen-bond acceptors (Lipinski definition) is 4. The number of benzene rings is 1. The fourth-order valence-electron chi connectivity index (χ4n) is 1.97. The molecule has 5 heteroatoms. The second-order valence-corrected chi connectivity index (χ2v) is 5.08. The molecule has 0 aliphatic rings. The molecule has 0 radical (unpaired) electrons. The van der Waals surface area contributed by atoms with Crippen LogP contribution in [0.15, 0.2) is 36.7 Å². The summed E-state index contributed by atoms with van der Waals surface area (Å²) in [7, 11) is 0. The summed E-state index contributed by atoms with van der Waals surface area (Å²) >= 11 is 0. The third-order valence-corrected chi connectivity index (χ3v) is 3.02. The van der Waals surface area contributed by atoms with Crippen LogP contribution < -0.4 is 10.1 Å². The predicted molar refractivity (Wildman–Crippen MR) is 78.6 cm³/mol. The van der Waals surface area contributed by atoms with Gasteiger partial charge in [0.05, 0.1) is 18.8 Å². The summed E-state index contributed by atoms with van der Waals surface area (Å²) in [4.78, 5) is 0. The largest absolute Gasteiger partial charge is 0.491 e. The molecule has 1 aromatic carbocycles.